The lowest BCUT2D eigenvalue weighted by molar-refractivity contribution is 0.307. The molecule has 0 saturated carbocycles. The monoisotopic (exact) mass is 512 g/mol. The Morgan fingerprint density at radius 3 is 1.41 bits per heavy atom. The standard InChI is InChI=1S/C33H32N6/c1-31(2)25-13-7-15-27(36-25)38-19-23(21-11-9-17-34-29(21)38)32(3,4)33(5,6)24-20-39(28-16-8-14-26(31)37-28)30-22(24)12-10-18-35-30/h7-20H,1-6H3. The fourth-order valence-corrected chi connectivity index (χ4v) is 6.08. The molecule has 0 spiro atoms. The van der Waals surface area contributed by atoms with Crippen molar-refractivity contribution in [2.24, 2.45) is 0 Å². The first-order chi connectivity index (χ1) is 18.6. The molecule has 0 aliphatic carbocycles. The summed E-state index contributed by atoms with van der Waals surface area (Å²) in [7, 11) is 0. The fraction of sp³-hybridized carbons (Fsp3) is 0.273. The number of rotatable bonds is 0. The molecule has 39 heavy (non-hydrogen) atoms. The molecule has 0 saturated heterocycles. The van der Waals surface area contributed by atoms with Crippen LogP contribution in [0.4, 0.5) is 0 Å². The molecule has 8 bridgehead atoms. The number of hydrogen-bond donors (Lipinski definition) is 0. The predicted molar refractivity (Wildman–Crippen MR) is 156 cm³/mol. The topological polar surface area (TPSA) is 61.4 Å². The second-order valence-electron chi connectivity index (χ2n) is 12.2. The molecule has 0 radical (unpaired) electrons. The third-order valence-electron chi connectivity index (χ3n) is 9.28. The highest BCUT2D eigenvalue weighted by Crippen LogP contribution is 2.49. The van der Waals surface area contributed by atoms with Crippen LogP contribution in [0.3, 0.4) is 0 Å². The molecule has 1 aliphatic rings. The Morgan fingerprint density at radius 1 is 0.538 bits per heavy atom. The highest BCUT2D eigenvalue weighted by molar-refractivity contribution is 5.86. The van der Waals surface area contributed by atoms with Crippen LogP contribution in [-0.2, 0) is 16.2 Å². The summed E-state index contributed by atoms with van der Waals surface area (Å²) in [4.78, 5) is 20.1. The van der Waals surface area contributed by atoms with E-state index in [2.05, 4.69) is 112 Å². The minimum absolute atomic E-state index is 0.277. The molecule has 6 aromatic heterocycles. The Kier molecular flexibility index (Phi) is 4.79. The molecule has 0 unspecified atom stereocenters. The number of pyridine rings is 4. The molecule has 0 fully saturated rings. The number of hydrogen-bond acceptors (Lipinski definition) is 4. The van der Waals surface area contributed by atoms with Crippen molar-refractivity contribution in [2.45, 2.75) is 57.8 Å². The average molecular weight is 513 g/mol. The Balaban J connectivity index is 1.65. The van der Waals surface area contributed by atoms with E-state index >= 15 is 0 Å². The van der Waals surface area contributed by atoms with Gasteiger partial charge >= 0.3 is 0 Å². The maximum absolute atomic E-state index is 5.20. The van der Waals surface area contributed by atoms with E-state index in [0.29, 0.717) is 0 Å². The van der Waals surface area contributed by atoms with E-state index in [1.165, 1.54) is 11.1 Å². The summed E-state index contributed by atoms with van der Waals surface area (Å²) >= 11 is 0. The van der Waals surface area contributed by atoms with E-state index in [1.54, 1.807) is 0 Å². The first kappa shape index (κ1) is 23.8. The molecule has 6 aromatic rings. The summed E-state index contributed by atoms with van der Waals surface area (Å²) in [5, 5.41) is 2.28. The van der Waals surface area contributed by atoms with Gasteiger partial charge in [-0.3, -0.25) is 9.13 Å². The van der Waals surface area contributed by atoms with E-state index in [9.17, 15) is 0 Å². The van der Waals surface area contributed by atoms with Crippen LogP contribution in [0.5, 0.6) is 0 Å². The quantitative estimate of drug-likeness (QED) is 0.219. The van der Waals surface area contributed by atoms with E-state index in [1.807, 2.05) is 24.5 Å². The minimum Gasteiger partial charge on any atom is -0.285 e. The van der Waals surface area contributed by atoms with E-state index in [-0.39, 0.29) is 10.8 Å². The van der Waals surface area contributed by atoms with Crippen molar-refractivity contribution in [3.05, 3.63) is 108 Å². The van der Waals surface area contributed by atoms with Gasteiger partial charge in [-0.2, -0.15) is 0 Å². The fourth-order valence-electron chi connectivity index (χ4n) is 6.08. The van der Waals surface area contributed by atoms with Gasteiger partial charge in [0, 0.05) is 51.8 Å². The van der Waals surface area contributed by atoms with E-state index < -0.39 is 5.41 Å². The van der Waals surface area contributed by atoms with Crippen LogP contribution in [0.2, 0.25) is 0 Å². The molecule has 7 rings (SSSR count). The van der Waals surface area contributed by atoms with Crippen molar-refractivity contribution in [2.75, 3.05) is 0 Å². The first-order valence-corrected chi connectivity index (χ1v) is 13.5. The normalized spacial score (nSPS) is 17.1. The molecular weight excluding hydrogens is 480 g/mol. The number of fused-ring (bicyclic) bond motifs is 16. The molecule has 0 atom stereocenters. The zero-order valence-corrected chi connectivity index (χ0v) is 23.3. The summed E-state index contributed by atoms with van der Waals surface area (Å²) in [6.45, 7) is 13.7. The van der Waals surface area contributed by atoms with Gasteiger partial charge in [-0.05, 0) is 73.5 Å². The van der Waals surface area contributed by atoms with E-state index in [4.69, 9.17) is 19.9 Å². The average Bonchev–Trinajstić information content (AvgIpc) is 3.53. The highest BCUT2D eigenvalue weighted by atomic mass is 15.1. The lowest BCUT2D eigenvalue weighted by Crippen LogP contribution is -2.40. The zero-order chi connectivity index (χ0) is 27.2. The third-order valence-corrected chi connectivity index (χ3v) is 9.28. The maximum Gasteiger partial charge on any atom is 0.145 e. The van der Waals surface area contributed by atoms with Gasteiger partial charge in [0.15, 0.2) is 0 Å². The largest absolute Gasteiger partial charge is 0.285 e. The summed E-state index contributed by atoms with van der Waals surface area (Å²) in [5.74, 6) is 1.71. The summed E-state index contributed by atoms with van der Waals surface area (Å²) < 4.78 is 4.30. The Bertz CT molecular complexity index is 1770. The first-order valence-electron chi connectivity index (χ1n) is 13.5. The van der Waals surface area contributed by atoms with Gasteiger partial charge in [0.05, 0.1) is 11.4 Å². The van der Waals surface area contributed by atoms with Crippen LogP contribution in [0.25, 0.3) is 33.7 Å². The van der Waals surface area contributed by atoms with Gasteiger partial charge in [0.2, 0.25) is 0 Å². The van der Waals surface area contributed by atoms with Gasteiger partial charge < -0.3 is 0 Å². The number of nitrogens with zero attached hydrogens (tertiary/aromatic N) is 6. The van der Waals surface area contributed by atoms with Crippen LogP contribution in [-0.4, -0.2) is 29.1 Å². The predicted octanol–water partition coefficient (Wildman–Crippen LogP) is 7.05. The SMILES string of the molecule is CC1(C)c2cccc(n2)-n2cc(c3cccnc32)C(C)(C)C(C)(C)c2cn(c3ncccc23)-c2cccc1n2. The van der Waals surface area contributed by atoms with Crippen molar-refractivity contribution in [3.8, 4) is 11.6 Å². The van der Waals surface area contributed by atoms with Crippen LogP contribution < -0.4 is 0 Å². The van der Waals surface area contributed by atoms with Gasteiger partial charge in [0.1, 0.15) is 22.9 Å². The van der Waals surface area contributed by atoms with Gasteiger partial charge in [0.25, 0.3) is 0 Å². The van der Waals surface area contributed by atoms with Gasteiger partial charge in [-0.1, -0.05) is 39.8 Å². The molecule has 0 aromatic carbocycles. The van der Waals surface area contributed by atoms with Crippen molar-refractivity contribution in [1.29, 1.82) is 0 Å². The number of aromatic nitrogens is 6. The second kappa shape index (κ2) is 7.85. The minimum atomic E-state index is -0.427. The van der Waals surface area contributed by atoms with Crippen molar-refractivity contribution < 1.29 is 0 Å². The lowest BCUT2D eigenvalue weighted by atomic mass is 9.61. The molecule has 0 amide bonds. The van der Waals surface area contributed by atoms with Crippen molar-refractivity contribution in [1.82, 2.24) is 29.1 Å². The maximum atomic E-state index is 5.20. The van der Waals surface area contributed by atoms with Crippen molar-refractivity contribution >= 4 is 22.1 Å². The van der Waals surface area contributed by atoms with Crippen LogP contribution >= 0.6 is 0 Å². The molecular formula is C33H32N6. The lowest BCUT2D eigenvalue weighted by Gasteiger charge is -2.42. The van der Waals surface area contributed by atoms with Crippen LogP contribution in [0.1, 0.15) is 64.1 Å². The van der Waals surface area contributed by atoms with Crippen LogP contribution in [0, 0.1) is 0 Å². The molecule has 6 nitrogen and oxygen atoms in total. The Morgan fingerprint density at radius 2 is 0.974 bits per heavy atom. The smallest absolute Gasteiger partial charge is 0.145 e. The summed E-state index contributed by atoms with van der Waals surface area (Å²) in [6, 6.07) is 20.9. The molecule has 6 heteroatoms. The Hall–Kier alpha value is -4.32. The van der Waals surface area contributed by atoms with Gasteiger partial charge in [-0.25, -0.2) is 19.9 Å². The molecule has 194 valence electrons. The van der Waals surface area contributed by atoms with Crippen molar-refractivity contribution in [3.63, 3.8) is 0 Å². The van der Waals surface area contributed by atoms with E-state index in [0.717, 1.165) is 45.1 Å². The Labute approximate surface area is 228 Å². The third kappa shape index (κ3) is 3.21. The zero-order valence-electron chi connectivity index (χ0n) is 23.3. The van der Waals surface area contributed by atoms with Crippen LogP contribution in [0.15, 0.2) is 85.5 Å². The summed E-state index contributed by atoms with van der Waals surface area (Å²) in [5.41, 5.74) is 5.22. The molecule has 7 heterocycles. The molecule has 0 N–H and O–H groups in total. The molecule has 1 aliphatic heterocycles. The summed E-state index contributed by atoms with van der Waals surface area (Å²) in [6.07, 6.45) is 8.21. The second-order valence-corrected chi connectivity index (χ2v) is 12.2. The highest BCUT2D eigenvalue weighted by Gasteiger charge is 2.44. The van der Waals surface area contributed by atoms with Gasteiger partial charge in [-0.15, -0.1) is 0 Å².